The molecule has 12 aliphatic carbocycles. The molecule has 12 rings (SSSR count). The summed E-state index contributed by atoms with van der Waals surface area (Å²) in [5, 5.41) is 0. The molecule has 3 unspecified atom stereocenters. The average Bonchev–Trinajstić information content (AvgIpc) is 2.96. The topological polar surface area (TPSA) is 0 Å². The highest BCUT2D eigenvalue weighted by Gasteiger charge is 3.03. The quantitative estimate of drug-likeness (QED) is 0.225. The van der Waals surface area contributed by atoms with E-state index < -0.39 is 0 Å². The van der Waals surface area contributed by atoms with Gasteiger partial charge in [-0.05, 0) is 158 Å². The van der Waals surface area contributed by atoms with Gasteiger partial charge in [-0.15, -0.1) is 0 Å². The summed E-state index contributed by atoms with van der Waals surface area (Å²) in [5.41, 5.74) is 3.32. The SMILES string of the molecule is C12C3C4C1C1C2C3C41.CCC(C)(C)C(C)(CC(C)C)C(C)(C)C.CCC(C)(C)C(C)(CC(C)CC12C3C4C5C3C1C5C42)C(C)(C)C. The Balaban J connectivity index is 0.000000114. The average molecular weight is 631 g/mol. The van der Waals surface area contributed by atoms with Crippen LogP contribution < -0.4 is 0 Å². The molecule has 0 aromatic carbocycles. The van der Waals surface area contributed by atoms with Gasteiger partial charge in [0.05, 0.1) is 0 Å². The van der Waals surface area contributed by atoms with Crippen LogP contribution in [0.25, 0.3) is 0 Å². The van der Waals surface area contributed by atoms with E-state index in [2.05, 4.69) is 118 Å². The zero-order chi connectivity index (χ0) is 33.9. The van der Waals surface area contributed by atoms with Crippen LogP contribution in [0.4, 0.5) is 0 Å². The van der Waals surface area contributed by atoms with Gasteiger partial charge < -0.3 is 0 Å². The van der Waals surface area contributed by atoms with Crippen molar-refractivity contribution >= 4 is 0 Å². The molecule has 0 aromatic rings. The van der Waals surface area contributed by atoms with Gasteiger partial charge in [-0.1, -0.05) is 131 Å². The highest BCUT2D eigenvalue weighted by molar-refractivity contribution is 5.50. The van der Waals surface area contributed by atoms with E-state index in [1.54, 1.807) is 6.42 Å². The van der Waals surface area contributed by atoms with E-state index in [1.165, 1.54) is 114 Å². The molecule has 46 heavy (non-hydrogen) atoms. The molecule has 0 spiro atoms. The van der Waals surface area contributed by atoms with E-state index in [-0.39, 0.29) is 0 Å². The smallest absolute Gasteiger partial charge is 0.0193 e. The van der Waals surface area contributed by atoms with Crippen molar-refractivity contribution in [3.05, 3.63) is 0 Å². The molecule has 12 fully saturated rings. The molecule has 0 nitrogen and oxygen atoms in total. The summed E-state index contributed by atoms with van der Waals surface area (Å²) < 4.78 is 0. The fourth-order valence-electron chi connectivity index (χ4n) is 17.5. The molecular formula is C46H78. The molecule has 12 aliphatic rings. The van der Waals surface area contributed by atoms with Crippen molar-refractivity contribution < 1.29 is 0 Å². The molecule has 262 valence electrons. The summed E-state index contributed by atoms with van der Waals surface area (Å²) >= 11 is 0. The van der Waals surface area contributed by atoms with Crippen LogP contribution in [0.3, 0.4) is 0 Å². The number of hydrogen-bond acceptors (Lipinski definition) is 0. The molecule has 0 heterocycles. The van der Waals surface area contributed by atoms with E-state index >= 15 is 0 Å². The van der Waals surface area contributed by atoms with E-state index in [4.69, 9.17) is 0 Å². The molecule has 0 aromatic heterocycles. The van der Waals surface area contributed by atoms with E-state index in [0.29, 0.717) is 32.5 Å². The van der Waals surface area contributed by atoms with Crippen molar-refractivity contribution in [2.24, 2.45) is 139 Å². The van der Waals surface area contributed by atoms with Gasteiger partial charge in [-0.3, -0.25) is 0 Å². The fraction of sp³-hybridized carbons (Fsp3) is 1.00. The van der Waals surface area contributed by atoms with Crippen molar-refractivity contribution in [1.82, 2.24) is 0 Å². The third-order valence-corrected chi connectivity index (χ3v) is 21.4. The lowest BCUT2D eigenvalue weighted by Gasteiger charge is -3.08. The lowest BCUT2D eigenvalue weighted by molar-refractivity contribution is -0.617. The summed E-state index contributed by atoms with van der Waals surface area (Å²) in [6.07, 6.45) is 6.87. The number of hydrogen-bond donors (Lipinski definition) is 0. The van der Waals surface area contributed by atoms with Crippen LogP contribution in [0.1, 0.15) is 150 Å². The van der Waals surface area contributed by atoms with Gasteiger partial charge in [0, 0.05) is 0 Å². The summed E-state index contributed by atoms with van der Waals surface area (Å²) in [4.78, 5) is 0. The first kappa shape index (κ1) is 33.2. The molecule has 0 radical (unpaired) electrons. The first-order chi connectivity index (χ1) is 21.0. The fourth-order valence-corrected chi connectivity index (χ4v) is 17.5. The van der Waals surface area contributed by atoms with Crippen molar-refractivity contribution in [1.29, 1.82) is 0 Å². The Bertz CT molecular complexity index is 1100. The van der Waals surface area contributed by atoms with Crippen LogP contribution in [0.15, 0.2) is 0 Å². The minimum absolute atomic E-state index is 0.372. The van der Waals surface area contributed by atoms with Crippen molar-refractivity contribution in [2.45, 2.75) is 150 Å². The minimum Gasteiger partial charge on any atom is -0.0649 e. The largest absolute Gasteiger partial charge is 0.0649 e. The summed E-state index contributed by atoms with van der Waals surface area (Å²) in [6.45, 7) is 41.6. The van der Waals surface area contributed by atoms with Crippen LogP contribution in [0.2, 0.25) is 0 Å². The van der Waals surface area contributed by atoms with Crippen molar-refractivity contribution in [3.63, 3.8) is 0 Å². The predicted octanol–water partition coefficient (Wildman–Crippen LogP) is 12.8. The van der Waals surface area contributed by atoms with E-state index in [9.17, 15) is 0 Å². The van der Waals surface area contributed by atoms with Gasteiger partial charge in [-0.2, -0.15) is 0 Å². The Morgan fingerprint density at radius 1 is 0.435 bits per heavy atom. The van der Waals surface area contributed by atoms with Gasteiger partial charge in [0.15, 0.2) is 0 Å². The maximum absolute atomic E-state index is 2.60. The second kappa shape index (κ2) is 9.07. The molecule has 0 aliphatic heterocycles. The molecule has 3 atom stereocenters. The Morgan fingerprint density at radius 3 is 0.978 bits per heavy atom. The highest BCUT2D eigenvalue weighted by atomic mass is 15.1. The van der Waals surface area contributed by atoms with Crippen LogP contribution in [-0.2, 0) is 0 Å². The standard InChI is InChI=1S/C23H38.C15H32.C8H8/c1-9-21(6,7)22(8,20(3,4)5)10-12(2)11-23-17-14-13-15(17)19(23)16(13)18(14)23;1-10-14(7,8)15(9,11-12(2)3)13(4,5)6;1-2-5-3(1)7-4(1)6(2)8(5)7/h12-19H,9-11H2,1-8H3;12H,10-11H2,1-9H3;1-8H. The molecule has 0 saturated heterocycles. The Kier molecular flexibility index (Phi) is 6.54. The third kappa shape index (κ3) is 3.22. The van der Waals surface area contributed by atoms with Gasteiger partial charge in [0.2, 0.25) is 0 Å². The van der Waals surface area contributed by atoms with Gasteiger partial charge in [0.25, 0.3) is 0 Å². The minimum atomic E-state index is 0.372. The molecule has 0 amide bonds. The first-order valence-corrected chi connectivity index (χ1v) is 21.0. The Hall–Kier alpha value is 0. The highest BCUT2D eigenvalue weighted by Crippen LogP contribution is 3.06. The monoisotopic (exact) mass is 631 g/mol. The van der Waals surface area contributed by atoms with Gasteiger partial charge in [0.1, 0.15) is 0 Å². The second-order valence-corrected chi connectivity index (χ2v) is 24.4. The lowest BCUT2D eigenvalue weighted by atomic mass is 8.96. The van der Waals surface area contributed by atoms with Crippen molar-refractivity contribution in [2.75, 3.05) is 0 Å². The molecule has 0 heteroatoms. The summed E-state index contributed by atoms with van der Waals surface area (Å²) in [6, 6.07) is 0. The van der Waals surface area contributed by atoms with Crippen LogP contribution in [-0.4, -0.2) is 0 Å². The zero-order valence-electron chi connectivity index (χ0n) is 33.9. The van der Waals surface area contributed by atoms with Crippen LogP contribution in [0, 0.1) is 139 Å². The molecule has 12 saturated carbocycles. The summed E-state index contributed by atoms with van der Waals surface area (Å²) in [5.74, 6) is 21.1. The van der Waals surface area contributed by atoms with Crippen LogP contribution >= 0.6 is 0 Å². The van der Waals surface area contributed by atoms with Gasteiger partial charge >= 0.3 is 0 Å². The zero-order valence-corrected chi connectivity index (χ0v) is 33.9. The normalized spacial score (nSPS) is 51.9. The molecule has 0 bridgehead atoms. The Labute approximate surface area is 287 Å². The molecule has 0 N–H and O–H groups in total. The predicted molar refractivity (Wildman–Crippen MR) is 196 cm³/mol. The Morgan fingerprint density at radius 2 is 0.717 bits per heavy atom. The maximum atomic E-state index is 2.60. The maximum Gasteiger partial charge on any atom is -0.0193 e. The van der Waals surface area contributed by atoms with E-state index in [1.807, 2.05) is 0 Å². The van der Waals surface area contributed by atoms with E-state index in [0.717, 1.165) is 17.3 Å². The van der Waals surface area contributed by atoms with Crippen molar-refractivity contribution in [3.8, 4) is 0 Å². The lowest BCUT2D eigenvalue weighted by Crippen LogP contribution is -3.05. The number of rotatable bonds is 10. The summed E-state index contributed by atoms with van der Waals surface area (Å²) in [7, 11) is 0. The second-order valence-electron chi connectivity index (χ2n) is 24.4. The van der Waals surface area contributed by atoms with Crippen LogP contribution in [0.5, 0.6) is 0 Å². The third-order valence-electron chi connectivity index (χ3n) is 21.4. The van der Waals surface area contributed by atoms with Gasteiger partial charge in [-0.25, -0.2) is 0 Å². The first-order valence-electron chi connectivity index (χ1n) is 21.0. The molecular weight excluding hydrogens is 553 g/mol.